The number of aryl methyl sites for hydroxylation is 3. The molecule has 2 rings (SSSR count). The molecule has 0 spiro atoms. The molecule has 25 heavy (non-hydrogen) atoms. The average molecular weight is 362 g/mol. The second-order valence-corrected chi connectivity index (χ2v) is 7.40. The summed E-state index contributed by atoms with van der Waals surface area (Å²) in [6.45, 7) is 7.41. The van der Waals surface area contributed by atoms with Crippen LogP contribution in [0.3, 0.4) is 0 Å². The van der Waals surface area contributed by atoms with Gasteiger partial charge in [-0.2, -0.15) is 0 Å². The quantitative estimate of drug-likeness (QED) is 0.842. The Balaban J connectivity index is 2.33. The van der Waals surface area contributed by atoms with Crippen molar-refractivity contribution < 1.29 is 17.9 Å². The summed E-state index contributed by atoms with van der Waals surface area (Å²) in [5.41, 5.74) is 3.34. The summed E-state index contributed by atoms with van der Waals surface area (Å²) < 4.78 is 33.0. The molecule has 0 bridgehead atoms. The summed E-state index contributed by atoms with van der Waals surface area (Å²) in [5.74, 6) is 0. The van der Waals surface area contributed by atoms with Crippen LogP contribution in [-0.2, 0) is 14.8 Å². The summed E-state index contributed by atoms with van der Waals surface area (Å²) in [6, 6.07) is 10.2. The zero-order valence-electron chi connectivity index (χ0n) is 14.7. The average Bonchev–Trinajstić information content (AvgIpc) is 2.52. The molecule has 0 aliphatic carbocycles. The monoisotopic (exact) mass is 362 g/mol. The highest BCUT2D eigenvalue weighted by Crippen LogP contribution is 2.25. The maximum atomic E-state index is 12.8. The van der Waals surface area contributed by atoms with Crippen LogP contribution in [0.2, 0.25) is 0 Å². The second kappa shape index (κ2) is 7.57. The first-order valence-corrected chi connectivity index (χ1v) is 9.35. The fraction of sp³-hybridized carbons (Fsp3) is 0.278. The van der Waals surface area contributed by atoms with Crippen molar-refractivity contribution in [1.29, 1.82) is 0 Å². The first-order chi connectivity index (χ1) is 11.7. The van der Waals surface area contributed by atoms with Gasteiger partial charge >= 0.3 is 6.09 Å². The molecule has 0 aliphatic rings. The molecule has 0 saturated carbocycles. The number of ether oxygens (including phenoxy) is 1. The molecule has 2 aromatic carbocycles. The van der Waals surface area contributed by atoms with Crippen molar-refractivity contribution >= 4 is 27.5 Å². The van der Waals surface area contributed by atoms with Crippen molar-refractivity contribution in [3.63, 3.8) is 0 Å². The number of hydrogen-bond donors (Lipinski definition) is 2. The van der Waals surface area contributed by atoms with Gasteiger partial charge in [0.25, 0.3) is 10.0 Å². The lowest BCUT2D eigenvalue weighted by Crippen LogP contribution is -2.17. The Morgan fingerprint density at radius 3 is 2.40 bits per heavy atom. The van der Waals surface area contributed by atoms with Crippen molar-refractivity contribution in [1.82, 2.24) is 0 Å². The predicted molar refractivity (Wildman–Crippen MR) is 98.5 cm³/mol. The maximum Gasteiger partial charge on any atom is 0.411 e. The van der Waals surface area contributed by atoms with E-state index in [1.54, 1.807) is 32.0 Å². The molecule has 134 valence electrons. The van der Waals surface area contributed by atoms with Gasteiger partial charge in [-0.05, 0) is 57.0 Å². The standard InChI is InChI=1S/C18H22N2O4S/c1-5-24-18(21)19-15-8-7-13(3)17(11-15)25(22,23)20-16-9-6-12(2)10-14(16)4/h6-11,20H,5H2,1-4H3,(H,19,21). The molecule has 0 radical (unpaired) electrons. The third kappa shape index (κ3) is 4.73. The van der Waals surface area contributed by atoms with E-state index in [0.717, 1.165) is 11.1 Å². The fourth-order valence-electron chi connectivity index (χ4n) is 2.38. The van der Waals surface area contributed by atoms with Crippen molar-refractivity contribution in [2.75, 3.05) is 16.6 Å². The van der Waals surface area contributed by atoms with Crippen LogP contribution >= 0.6 is 0 Å². The Bertz CT molecular complexity index is 892. The van der Waals surface area contributed by atoms with E-state index in [-0.39, 0.29) is 11.5 Å². The lowest BCUT2D eigenvalue weighted by molar-refractivity contribution is 0.168. The van der Waals surface area contributed by atoms with Gasteiger partial charge in [-0.15, -0.1) is 0 Å². The highest BCUT2D eigenvalue weighted by Gasteiger charge is 2.19. The van der Waals surface area contributed by atoms with Crippen LogP contribution in [0.1, 0.15) is 23.6 Å². The van der Waals surface area contributed by atoms with Crippen LogP contribution in [0.25, 0.3) is 0 Å². The smallest absolute Gasteiger partial charge is 0.411 e. The fourth-order valence-corrected chi connectivity index (χ4v) is 3.78. The number of nitrogens with one attached hydrogen (secondary N) is 2. The zero-order chi connectivity index (χ0) is 18.6. The molecule has 0 heterocycles. The highest BCUT2D eigenvalue weighted by molar-refractivity contribution is 7.92. The van der Waals surface area contributed by atoms with Gasteiger partial charge in [-0.25, -0.2) is 13.2 Å². The first kappa shape index (κ1) is 18.8. The van der Waals surface area contributed by atoms with Crippen molar-refractivity contribution in [2.24, 2.45) is 0 Å². The van der Waals surface area contributed by atoms with Crippen LogP contribution in [0.4, 0.5) is 16.2 Å². The number of sulfonamides is 1. The predicted octanol–water partition coefficient (Wildman–Crippen LogP) is 3.98. The molecule has 0 aromatic heterocycles. The summed E-state index contributed by atoms with van der Waals surface area (Å²) in [6.07, 6.45) is -0.628. The summed E-state index contributed by atoms with van der Waals surface area (Å²) in [5, 5.41) is 2.51. The van der Waals surface area contributed by atoms with Crippen LogP contribution < -0.4 is 10.0 Å². The number of carbonyl (C=O) groups excluding carboxylic acids is 1. The van der Waals surface area contributed by atoms with E-state index in [1.165, 1.54) is 6.07 Å². The number of rotatable bonds is 5. The molecular weight excluding hydrogens is 340 g/mol. The Morgan fingerprint density at radius 1 is 1.04 bits per heavy atom. The number of hydrogen-bond acceptors (Lipinski definition) is 4. The van der Waals surface area contributed by atoms with Crippen molar-refractivity contribution in [2.45, 2.75) is 32.6 Å². The van der Waals surface area contributed by atoms with Crippen molar-refractivity contribution in [3.8, 4) is 0 Å². The highest BCUT2D eigenvalue weighted by atomic mass is 32.2. The van der Waals surface area contributed by atoms with Gasteiger partial charge in [0.15, 0.2) is 0 Å². The number of anilines is 2. The van der Waals surface area contributed by atoms with E-state index < -0.39 is 16.1 Å². The molecule has 6 nitrogen and oxygen atoms in total. The SMILES string of the molecule is CCOC(=O)Nc1ccc(C)c(S(=O)(=O)Nc2ccc(C)cc2C)c1. The van der Waals surface area contributed by atoms with E-state index >= 15 is 0 Å². The molecule has 2 aromatic rings. The molecule has 0 fully saturated rings. The minimum atomic E-state index is -3.79. The molecule has 0 saturated heterocycles. The number of amides is 1. The summed E-state index contributed by atoms with van der Waals surface area (Å²) in [7, 11) is -3.79. The van der Waals surface area contributed by atoms with E-state index in [0.29, 0.717) is 16.9 Å². The Hall–Kier alpha value is -2.54. The minimum absolute atomic E-state index is 0.0989. The lowest BCUT2D eigenvalue weighted by atomic mass is 10.1. The van der Waals surface area contributed by atoms with Crippen LogP contribution in [0, 0.1) is 20.8 Å². The first-order valence-electron chi connectivity index (χ1n) is 7.87. The normalized spacial score (nSPS) is 11.0. The second-order valence-electron chi connectivity index (χ2n) is 5.75. The van der Waals surface area contributed by atoms with E-state index in [1.807, 2.05) is 26.0 Å². The van der Waals surface area contributed by atoms with Crippen LogP contribution in [0.5, 0.6) is 0 Å². The largest absolute Gasteiger partial charge is 0.450 e. The van der Waals surface area contributed by atoms with Crippen molar-refractivity contribution in [3.05, 3.63) is 53.1 Å². The Morgan fingerprint density at radius 2 is 1.76 bits per heavy atom. The van der Waals surface area contributed by atoms with Gasteiger partial charge in [0.1, 0.15) is 0 Å². The van der Waals surface area contributed by atoms with E-state index in [9.17, 15) is 13.2 Å². The minimum Gasteiger partial charge on any atom is -0.450 e. The zero-order valence-corrected chi connectivity index (χ0v) is 15.5. The summed E-state index contributed by atoms with van der Waals surface area (Å²) >= 11 is 0. The van der Waals surface area contributed by atoms with E-state index in [4.69, 9.17) is 4.74 Å². The van der Waals surface area contributed by atoms with Gasteiger partial charge in [-0.1, -0.05) is 23.8 Å². The molecule has 2 N–H and O–H groups in total. The topological polar surface area (TPSA) is 84.5 Å². The van der Waals surface area contributed by atoms with Crippen LogP contribution in [-0.4, -0.2) is 21.1 Å². The van der Waals surface area contributed by atoms with Crippen LogP contribution in [0.15, 0.2) is 41.3 Å². The Labute approximate surface area is 148 Å². The molecule has 7 heteroatoms. The lowest BCUT2D eigenvalue weighted by Gasteiger charge is -2.14. The van der Waals surface area contributed by atoms with Gasteiger partial charge in [0.05, 0.1) is 17.2 Å². The maximum absolute atomic E-state index is 12.8. The van der Waals surface area contributed by atoms with Gasteiger partial charge in [0, 0.05) is 5.69 Å². The Kier molecular flexibility index (Phi) is 5.69. The molecule has 1 amide bonds. The third-order valence-corrected chi connectivity index (χ3v) is 5.13. The van der Waals surface area contributed by atoms with Gasteiger partial charge < -0.3 is 4.74 Å². The number of benzene rings is 2. The van der Waals surface area contributed by atoms with Gasteiger partial charge in [-0.3, -0.25) is 10.0 Å². The summed E-state index contributed by atoms with van der Waals surface area (Å²) in [4.78, 5) is 11.6. The molecular formula is C18H22N2O4S. The third-order valence-electron chi connectivity index (χ3n) is 3.63. The molecule has 0 atom stereocenters. The molecule has 0 unspecified atom stereocenters. The van der Waals surface area contributed by atoms with Gasteiger partial charge in [0.2, 0.25) is 0 Å². The number of carbonyl (C=O) groups is 1. The van der Waals surface area contributed by atoms with E-state index in [2.05, 4.69) is 10.0 Å². The molecule has 0 aliphatic heterocycles.